The molecule has 2 aromatic carbocycles. The summed E-state index contributed by atoms with van der Waals surface area (Å²) in [5, 5.41) is 9.61. The Morgan fingerprint density at radius 2 is 1.69 bits per heavy atom. The van der Waals surface area contributed by atoms with Crippen molar-refractivity contribution in [3.63, 3.8) is 0 Å². The summed E-state index contributed by atoms with van der Waals surface area (Å²) in [4.78, 5) is 12.5. The van der Waals surface area contributed by atoms with Crippen LogP contribution < -0.4 is 10.5 Å². The monoisotopic (exact) mass is 390 g/mol. The standard InChI is InChI=1S/C23H22N2O4/c1-4-27-23(26)20-15(3)28-22(25)19(13-24)21(20)16-7-11-18(12-8-16)29-17-9-5-14(2)6-10-17/h5-12,21H,4,25H2,1-3H3. The predicted molar refractivity (Wildman–Crippen MR) is 108 cm³/mol. The number of carbonyl (C=O) groups excluding carboxylic acids is 1. The lowest BCUT2D eigenvalue weighted by molar-refractivity contribution is -0.139. The number of hydrogen-bond donors (Lipinski definition) is 1. The Morgan fingerprint density at radius 1 is 1.10 bits per heavy atom. The molecule has 0 radical (unpaired) electrons. The summed E-state index contributed by atoms with van der Waals surface area (Å²) in [6.45, 7) is 5.58. The molecule has 6 heteroatoms. The van der Waals surface area contributed by atoms with E-state index in [0.29, 0.717) is 17.1 Å². The largest absolute Gasteiger partial charge is 0.463 e. The maximum absolute atomic E-state index is 12.5. The van der Waals surface area contributed by atoms with Gasteiger partial charge in [0, 0.05) is 0 Å². The number of hydrogen-bond acceptors (Lipinski definition) is 6. The number of allylic oxidation sites excluding steroid dienone is 2. The Hall–Kier alpha value is -3.72. The van der Waals surface area contributed by atoms with E-state index < -0.39 is 11.9 Å². The number of nitriles is 1. The number of nitrogens with two attached hydrogens (primary N) is 1. The molecular formula is C23H22N2O4. The minimum Gasteiger partial charge on any atom is -0.463 e. The van der Waals surface area contributed by atoms with Gasteiger partial charge in [-0.15, -0.1) is 0 Å². The summed E-state index contributed by atoms with van der Waals surface area (Å²) in [5.41, 5.74) is 8.21. The Balaban J connectivity index is 1.94. The molecule has 0 aliphatic carbocycles. The fraction of sp³-hybridized carbons (Fsp3) is 0.217. The smallest absolute Gasteiger partial charge is 0.338 e. The van der Waals surface area contributed by atoms with Crippen LogP contribution in [0.5, 0.6) is 11.5 Å². The molecule has 0 saturated heterocycles. The van der Waals surface area contributed by atoms with Crippen LogP contribution >= 0.6 is 0 Å². The molecule has 0 fully saturated rings. The molecule has 1 atom stereocenters. The third-order valence-electron chi connectivity index (χ3n) is 4.57. The van der Waals surface area contributed by atoms with E-state index in [4.69, 9.17) is 19.9 Å². The topological polar surface area (TPSA) is 94.6 Å². The van der Waals surface area contributed by atoms with Gasteiger partial charge in [-0.3, -0.25) is 0 Å². The predicted octanol–water partition coefficient (Wildman–Crippen LogP) is 4.43. The van der Waals surface area contributed by atoms with Crippen LogP contribution in [0.3, 0.4) is 0 Å². The number of carbonyl (C=O) groups is 1. The van der Waals surface area contributed by atoms with Crippen molar-refractivity contribution in [2.24, 2.45) is 5.73 Å². The van der Waals surface area contributed by atoms with Crippen LogP contribution in [0.1, 0.15) is 30.9 Å². The molecule has 29 heavy (non-hydrogen) atoms. The van der Waals surface area contributed by atoms with Gasteiger partial charge in [-0.1, -0.05) is 29.8 Å². The van der Waals surface area contributed by atoms with Crippen LogP contribution in [0.2, 0.25) is 0 Å². The zero-order valence-electron chi connectivity index (χ0n) is 16.6. The van der Waals surface area contributed by atoms with Crippen LogP contribution in [-0.4, -0.2) is 12.6 Å². The number of rotatable bonds is 5. The van der Waals surface area contributed by atoms with Crippen LogP contribution in [0.25, 0.3) is 0 Å². The van der Waals surface area contributed by atoms with Crippen molar-refractivity contribution in [1.82, 2.24) is 0 Å². The van der Waals surface area contributed by atoms with Gasteiger partial charge < -0.3 is 19.9 Å². The van der Waals surface area contributed by atoms with Gasteiger partial charge in [-0.2, -0.15) is 5.26 Å². The van der Waals surface area contributed by atoms with Crippen LogP contribution in [-0.2, 0) is 14.3 Å². The zero-order chi connectivity index (χ0) is 21.0. The highest BCUT2D eigenvalue weighted by molar-refractivity contribution is 5.92. The third kappa shape index (κ3) is 4.25. The summed E-state index contributed by atoms with van der Waals surface area (Å²) in [6.07, 6.45) is 0. The molecule has 0 spiro atoms. The maximum Gasteiger partial charge on any atom is 0.338 e. The summed E-state index contributed by atoms with van der Waals surface area (Å²) in [6, 6.07) is 17.0. The van der Waals surface area contributed by atoms with Crippen molar-refractivity contribution in [2.75, 3.05) is 6.61 Å². The molecule has 1 heterocycles. The van der Waals surface area contributed by atoms with E-state index >= 15 is 0 Å². The Morgan fingerprint density at radius 3 is 2.24 bits per heavy atom. The fourth-order valence-corrected chi connectivity index (χ4v) is 3.16. The van der Waals surface area contributed by atoms with Gasteiger partial charge in [0.15, 0.2) is 0 Å². The Labute approximate surface area is 169 Å². The van der Waals surface area contributed by atoms with Gasteiger partial charge in [0.25, 0.3) is 0 Å². The van der Waals surface area contributed by atoms with Crippen molar-refractivity contribution in [1.29, 1.82) is 5.26 Å². The molecule has 1 aliphatic heterocycles. The van der Waals surface area contributed by atoms with Crippen molar-refractivity contribution in [3.05, 3.63) is 82.4 Å². The molecule has 0 amide bonds. The van der Waals surface area contributed by atoms with Crippen LogP contribution in [0.15, 0.2) is 71.3 Å². The average Bonchev–Trinajstić information content (AvgIpc) is 2.70. The van der Waals surface area contributed by atoms with Crippen molar-refractivity contribution < 1.29 is 19.0 Å². The average molecular weight is 390 g/mol. The summed E-state index contributed by atoms with van der Waals surface area (Å²) in [7, 11) is 0. The Kier molecular flexibility index (Phi) is 5.89. The fourth-order valence-electron chi connectivity index (χ4n) is 3.16. The molecule has 148 valence electrons. The molecular weight excluding hydrogens is 368 g/mol. The zero-order valence-corrected chi connectivity index (χ0v) is 16.6. The summed E-state index contributed by atoms with van der Waals surface area (Å²) < 4.78 is 16.4. The molecule has 0 saturated carbocycles. The lowest BCUT2D eigenvalue weighted by atomic mass is 9.83. The van der Waals surface area contributed by atoms with E-state index in [1.54, 1.807) is 38.1 Å². The minimum absolute atomic E-state index is 0.0111. The van der Waals surface area contributed by atoms with Crippen molar-refractivity contribution in [2.45, 2.75) is 26.7 Å². The van der Waals surface area contributed by atoms with Gasteiger partial charge in [-0.25, -0.2) is 4.79 Å². The highest BCUT2D eigenvalue weighted by Gasteiger charge is 2.36. The summed E-state index contributed by atoms with van der Waals surface area (Å²) in [5.74, 6) is 0.474. The first-order chi connectivity index (χ1) is 13.9. The second-order valence-corrected chi connectivity index (χ2v) is 6.60. The first-order valence-corrected chi connectivity index (χ1v) is 9.24. The second-order valence-electron chi connectivity index (χ2n) is 6.60. The molecule has 2 N–H and O–H groups in total. The van der Waals surface area contributed by atoms with Crippen LogP contribution in [0, 0.1) is 18.3 Å². The molecule has 3 rings (SSSR count). The van der Waals surface area contributed by atoms with Crippen molar-refractivity contribution >= 4 is 5.97 Å². The number of nitrogens with zero attached hydrogens (tertiary/aromatic N) is 1. The quantitative estimate of drug-likeness (QED) is 0.759. The first-order valence-electron chi connectivity index (χ1n) is 9.24. The molecule has 0 aromatic heterocycles. The lowest BCUT2D eigenvalue weighted by Crippen LogP contribution is -2.25. The molecule has 6 nitrogen and oxygen atoms in total. The molecule has 1 unspecified atom stereocenters. The Bertz CT molecular complexity index is 1010. The second kappa shape index (κ2) is 8.53. The number of esters is 1. The number of benzene rings is 2. The van der Waals surface area contributed by atoms with Gasteiger partial charge in [0.05, 0.1) is 18.1 Å². The van der Waals surface area contributed by atoms with E-state index in [2.05, 4.69) is 6.07 Å². The van der Waals surface area contributed by atoms with Gasteiger partial charge in [-0.05, 0) is 50.6 Å². The van der Waals surface area contributed by atoms with E-state index in [1.165, 1.54) is 0 Å². The lowest BCUT2D eigenvalue weighted by Gasteiger charge is -2.26. The third-order valence-corrected chi connectivity index (χ3v) is 4.57. The number of aryl methyl sites for hydroxylation is 1. The minimum atomic E-state index is -0.666. The molecule has 1 aliphatic rings. The van der Waals surface area contributed by atoms with E-state index in [1.807, 2.05) is 31.2 Å². The van der Waals surface area contributed by atoms with Crippen LogP contribution in [0.4, 0.5) is 0 Å². The number of ether oxygens (including phenoxy) is 3. The van der Waals surface area contributed by atoms with E-state index in [9.17, 15) is 10.1 Å². The van der Waals surface area contributed by atoms with E-state index in [-0.39, 0.29) is 23.6 Å². The van der Waals surface area contributed by atoms with Crippen molar-refractivity contribution in [3.8, 4) is 17.6 Å². The van der Waals surface area contributed by atoms with E-state index in [0.717, 1.165) is 11.3 Å². The first kappa shape index (κ1) is 20.0. The molecule has 0 bridgehead atoms. The highest BCUT2D eigenvalue weighted by atomic mass is 16.5. The van der Waals surface area contributed by atoms with Gasteiger partial charge in [0.2, 0.25) is 5.88 Å². The highest BCUT2D eigenvalue weighted by Crippen LogP contribution is 2.40. The maximum atomic E-state index is 12.5. The van der Waals surface area contributed by atoms with Gasteiger partial charge >= 0.3 is 5.97 Å². The van der Waals surface area contributed by atoms with Gasteiger partial charge in [0.1, 0.15) is 28.9 Å². The normalized spacial score (nSPS) is 16.1. The molecule has 2 aromatic rings. The summed E-state index contributed by atoms with van der Waals surface area (Å²) >= 11 is 0. The SMILES string of the molecule is CCOC(=O)C1=C(C)OC(N)=C(C#N)C1c1ccc(Oc2ccc(C)cc2)cc1.